The van der Waals surface area contributed by atoms with Crippen molar-refractivity contribution in [2.75, 3.05) is 12.4 Å². The number of carbonyl (C=O) groups excluding carboxylic acids is 2. The lowest BCUT2D eigenvalue weighted by atomic mass is 9.97. The third-order valence-corrected chi connectivity index (χ3v) is 5.87. The molecule has 1 atom stereocenters. The van der Waals surface area contributed by atoms with Gasteiger partial charge in [0.1, 0.15) is 0 Å². The second-order valence-corrected chi connectivity index (χ2v) is 8.19. The van der Waals surface area contributed by atoms with Crippen LogP contribution in [0.4, 0.5) is 18.3 Å². The predicted molar refractivity (Wildman–Crippen MR) is 121 cm³/mol. The van der Waals surface area contributed by atoms with Crippen LogP contribution < -0.4 is 11.1 Å². The molecule has 1 heterocycles. The average molecular weight is 478 g/mol. The van der Waals surface area contributed by atoms with Crippen molar-refractivity contribution >= 4 is 28.3 Å². The Hall–Kier alpha value is -3.24. The Kier molecular flexibility index (Phi) is 7.50. The summed E-state index contributed by atoms with van der Waals surface area (Å²) in [5.41, 5.74) is 6.77. The van der Waals surface area contributed by atoms with Crippen molar-refractivity contribution in [2.24, 2.45) is 5.73 Å². The molecule has 0 bridgehead atoms. The van der Waals surface area contributed by atoms with E-state index in [2.05, 4.69) is 10.3 Å². The van der Waals surface area contributed by atoms with E-state index in [1.807, 2.05) is 6.92 Å². The lowest BCUT2D eigenvalue weighted by Gasteiger charge is -2.11. The Morgan fingerprint density at radius 3 is 2.33 bits per heavy atom. The summed E-state index contributed by atoms with van der Waals surface area (Å²) in [6, 6.07) is 10.9. The van der Waals surface area contributed by atoms with Crippen LogP contribution in [-0.4, -0.2) is 30.0 Å². The quantitative estimate of drug-likeness (QED) is 0.448. The molecule has 0 radical (unpaired) electrons. The number of nitrogens with one attached hydrogen (secondary N) is 1. The van der Waals surface area contributed by atoms with E-state index >= 15 is 0 Å². The molecule has 0 fully saturated rings. The molecule has 33 heavy (non-hydrogen) atoms. The number of alkyl halides is 3. The number of carbonyl (C=O) groups is 2. The molecule has 174 valence electrons. The van der Waals surface area contributed by atoms with E-state index in [-0.39, 0.29) is 10.8 Å². The van der Waals surface area contributed by atoms with Gasteiger partial charge in [-0.05, 0) is 29.7 Å². The van der Waals surface area contributed by atoms with E-state index < -0.39 is 29.7 Å². The number of esters is 1. The first-order chi connectivity index (χ1) is 15.7. The molecule has 0 unspecified atom stereocenters. The number of benzene rings is 2. The number of hydrogen-bond acceptors (Lipinski definition) is 6. The van der Waals surface area contributed by atoms with E-state index in [0.29, 0.717) is 28.0 Å². The van der Waals surface area contributed by atoms with Gasteiger partial charge in [-0.3, -0.25) is 4.79 Å². The summed E-state index contributed by atoms with van der Waals surface area (Å²) in [5.74, 6) is -1.13. The zero-order valence-electron chi connectivity index (χ0n) is 17.9. The minimum absolute atomic E-state index is 0.0128. The molecule has 0 aliphatic carbocycles. The maximum atomic E-state index is 13.0. The fraction of sp³-hybridized carbons (Fsp3) is 0.261. The van der Waals surface area contributed by atoms with Crippen LogP contribution in [0.5, 0.6) is 0 Å². The van der Waals surface area contributed by atoms with Gasteiger partial charge in [0, 0.05) is 5.56 Å². The van der Waals surface area contributed by atoms with E-state index in [9.17, 15) is 22.8 Å². The molecule has 6 nitrogen and oxygen atoms in total. The van der Waals surface area contributed by atoms with E-state index in [0.717, 1.165) is 29.9 Å². The SMILES string of the molecule is CCC[C@H](N)C(=O)Nc1nc(C(=O)OC)c(-c2ccccc2-c2ccc(C(F)(F)F)cc2)s1. The third kappa shape index (κ3) is 5.58. The number of anilines is 1. The van der Waals surface area contributed by atoms with E-state index in [4.69, 9.17) is 10.5 Å². The summed E-state index contributed by atoms with van der Waals surface area (Å²) < 4.78 is 43.7. The van der Waals surface area contributed by atoms with Crippen molar-refractivity contribution in [3.63, 3.8) is 0 Å². The van der Waals surface area contributed by atoms with Crippen LogP contribution in [0, 0.1) is 0 Å². The number of hydrogen-bond donors (Lipinski definition) is 2. The highest BCUT2D eigenvalue weighted by Crippen LogP contribution is 2.40. The molecule has 3 rings (SSSR count). The average Bonchev–Trinajstić information content (AvgIpc) is 3.21. The highest BCUT2D eigenvalue weighted by atomic mass is 32.1. The third-order valence-electron chi connectivity index (χ3n) is 4.87. The van der Waals surface area contributed by atoms with Crippen LogP contribution >= 0.6 is 11.3 Å². The number of rotatable bonds is 7. The van der Waals surface area contributed by atoms with Crippen molar-refractivity contribution in [1.29, 1.82) is 0 Å². The summed E-state index contributed by atoms with van der Waals surface area (Å²) in [6.45, 7) is 1.90. The van der Waals surface area contributed by atoms with Crippen LogP contribution in [0.3, 0.4) is 0 Å². The highest BCUT2D eigenvalue weighted by Gasteiger charge is 2.30. The van der Waals surface area contributed by atoms with E-state index in [1.54, 1.807) is 24.3 Å². The highest BCUT2D eigenvalue weighted by molar-refractivity contribution is 7.19. The van der Waals surface area contributed by atoms with Crippen LogP contribution in [0.25, 0.3) is 21.6 Å². The standard InChI is InChI=1S/C23H22F3N3O3S/c1-3-6-17(27)20(30)29-22-28-18(21(31)32-2)19(33-22)16-8-5-4-7-15(16)13-9-11-14(12-10-13)23(24,25)26/h4-5,7-12,17H,3,6,27H2,1-2H3,(H,28,29,30)/t17-/m0/s1. The molecule has 2 aromatic carbocycles. The zero-order valence-corrected chi connectivity index (χ0v) is 18.7. The Morgan fingerprint density at radius 2 is 1.76 bits per heavy atom. The van der Waals surface area contributed by atoms with Crippen molar-refractivity contribution in [1.82, 2.24) is 4.98 Å². The van der Waals surface area contributed by atoms with Crippen molar-refractivity contribution in [2.45, 2.75) is 32.0 Å². The van der Waals surface area contributed by atoms with Gasteiger partial charge in [-0.25, -0.2) is 9.78 Å². The molecular formula is C23H22F3N3O3S. The smallest absolute Gasteiger partial charge is 0.416 e. The van der Waals surface area contributed by atoms with Gasteiger partial charge >= 0.3 is 12.1 Å². The zero-order chi connectivity index (χ0) is 24.2. The Labute approximate surface area is 192 Å². The largest absolute Gasteiger partial charge is 0.464 e. The number of nitrogens with zero attached hydrogens (tertiary/aromatic N) is 1. The lowest BCUT2D eigenvalue weighted by molar-refractivity contribution is -0.137. The fourth-order valence-corrected chi connectivity index (χ4v) is 4.20. The maximum absolute atomic E-state index is 13.0. The summed E-state index contributed by atoms with van der Waals surface area (Å²) in [6.07, 6.45) is -3.23. The number of amides is 1. The Balaban J connectivity index is 2.05. The minimum atomic E-state index is -4.44. The van der Waals surface area contributed by atoms with Crippen LogP contribution in [-0.2, 0) is 15.7 Å². The van der Waals surface area contributed by atoms with Gasteiger partial charge in [-0.15, -0.1) is 0 Å². The molecule has 10 heteroatoms. The molecule has 0 spiro atoms. The second-order valence-electron chi connectivity index (χ2n) is 7.19. The molecule has 0 saturated carbocycles. The normalized spacial score (nSPS) is 12.3. The number of methoxy groups -OCH3 is 1. The first-order valence-electron chi connectivity index (χ1n) is 10.1. The van der Waals surface area contributed by atoms with Gasteiger partial charge in [0.2, 0.25) is 5.91 Å². The predicted octanol–water partition coefficient (Wildman–Crippen LogP) is 5.35. The number of ether oxygens (including phenoxy) is 1. The molecule has 3 aromatic rings. The van der Waals surface area contributed by atoms with Gasteiger partial charge in [-0.2, -0.15) is 13.2 Å². The molecule has 0 saturated heterocycles. The monoisotopic (exact) mass is 477 g/mol. The van der Waals surface area contributed by atoms with Gasteiger partial charge in [-0.1, -0.05) is 61.1 Å². The van der Waals surface area contributed by atoms with Crippen LogP contribution in [0.1, 0.15) is 35.8 Å². The Bertz CT molecular complexity index is 1140. The lowest BCUT2D eigenvalue weighted by Crippen LogP contribution is -2.35. The summed E-state index contributed by atoms with van der Waals surface area (Å²) >= 11 is 1.06. The van der Waals surface area contributed by atoms with Gasteiger partial charge in [0.05, 0.1) is 23.6 Å². The van der Waals surface area contributed by atoms with Crippen molar-refractivity contribution in [3.8, 4) is 21.6 Å². The molecule has 0 aliphatic heterocycles. The molecule has 0 aliphatic rings. The van der Waals surface area contributed by atoms with Gasteiger partial charge in [0.25, 0.3) is 0 Å². The molecular weight excluding hydrogens is 455 g/mol. The van der Waals surface area contributed by atoms with Crippen LogP contribution in [0.2, 0.25) is 0 Å². The fourth-order valence-electron chi connectivity index (χ4n) is 3.20. The second kappa shape index (κ2) is 10.1. The van der Waals surface area contributed by atoms with E-state index in [1.165, 1.54) is 19.2 Å². The number of aromatic nitrogens is 1. The molecule has 3 N–H and O–H groups in total. The van der Waals surface area contributed by atoms with Gasteiger partial charge in [0.15, 0.2) is 10.8 Å². The topological polar surface area (TPSA) is 94.3 Å². The Morgan fingerprint density at radius 1 is 1.12 bits per heavy atom. The number of halogens is 3. The van der Waals surface area contributed by atoms with Crippen LogP contribution in [0.15, 0.2) is 48.5 Å². The number of thiazole rings is 1. The summed E-state index contributed by atoms with van der Waals surface area (Å²) in [7, 11) is 1.21. The number of nitrogens with two attached hydrogens (primary N) is 1. The summed E-state index contributed by atoms with van der Waals surface area (Å²) in [5, 5.41) is 2.80. The van der Waals surface area contributed by atoms with Gasteiger partial charge < -0.3 is 15.8 Å². The summed E-state index contributed by atoms with van der Waals surface area (Å²) in [4.78, 5) is 29.4. The first kappa shape index (κ1) is 24.4. The molecule has 1 amide bonds. The first-order valence-corrected chi connectivity index (χ1v) is 10.9. The minimum Gasteiger partial charge on any atom is -0.464 e. The maximum Gasteiger partial charge on any atom is 0.416 e. The van der Waals surface area contributed by atoms with Crippen molar-refractivity contribution in [3.05, 3.63) is 59.8 Å². The van der Waals surface area contributed by atoms with Crippen molar-refractivity contribution < 1.29 is 27.5 Å². The molecule has 1 aromatic heterocycles.